The van der Waals surface area contributed by atoms with E-state index in [4.69, 9.17) is 0 Å². The quantitative estimate of drug-likeness (QED) is 0.826. The standard InChI is InChI=1S/C19H25NO/c21-17-13-15-9-10-16(17)19(20-11-5-2-6-12-20)18(15)14-7-3-1-4-8-14/h1,3-4,7-8,15-16,18-19H,2,5-6,9-13H2. The maximum absolute atomic E-state index is 12.5. The van der Waals surface area contributed by atoms with Gasteiger partial charge >= 0.3 is 0 Å². The summed E-state index contributed by atoms with van der Waals surface area (Å²) < 4.78 is 0. The van der Waals surface area contributed by atoms with E-state index in [1.165, 1.54) is 44.3 Å². The van der Waals surface area contributed by atoms with Crippen LogP contribution in [-0.2, 0) is 4.79 Å². The molecular formula is C19H25NO. The molecular weight excluding hydrogens is 258 g/mol. The van der Waals surface area contributed by atoms with Crippen molar-refractivity contribution in [2.75, 3.05) is 13.1 Å². The van der Waals surface area contributed by atoms with E-state index >= 15 is 0 Å². The van der Waals surface area contributed by atoms with Gasteiger partial charge in [0.15, 0.2) is 0 Å². The van der Waals surface area contributed by atoms with Gasteiger partial charge in [0.05, 0.1) is 0 Å². The lowest BCUT2D eigenvalue weighted by Gasteiger charge is -2.53. The lowest BCUT2D eigenvalue weighted by atomic mass is 9.58. The Hall–Kier alpha value is -1.15. The third kappa shape index (κ3) is 2.34. The first-order chi connectivity index (χ1) is 10.3. The number of carbonyl (C=O) groups excluding carboxylic acids is 1. The maximum atomic E-state index is 12.5. The number of ketones is 1. The predicted molar refractivity (Wildman–Crippen MR) is 84.2 cm³/mol. The molecule has 1 aromatic rings. The number of hydrogen-bond donors (Lipinski definition) is 0. The summed E-state index contributed by atoms with van der Waals surface area (Å²) >= 11 is 0. The Bertz CT molecular complexity index is 506. The molecule has 0 spiro atoms. The molecule has 1 heterocycles. The van der Waals surface area contributed by atoms with Crippen molar-refractivity contribution < 1.29 is 4.79 Å². The summed E-state index contributed by atoms with van der Waals surface area (Å²) in [6.07, 6.45) is 7.19. The van der Waals surface area contributed by atoms with Gasteiger partial charge in [0.2, 0.25) is 0 Å². The molecule has 4 fully saturated rings. The van der Waals surface area contributed by atoms with Gasteiger partial charge in [-0.1, -0.05) is 36.8 Å². The number of likely N-dealkylation sites (tertiary alicyclic amines) is 1. The molecule has 0 aromatic heterocycles. The Kier molecular flexibility index (Phi) is 3.58. The highest BCUT2D eigenvalue weighted by Crippen LogP contribution is 2.50. The monoisotopic (exact) mass is 283 g/mol. The van der Waals surface area contributed by atoms with Gasteiger partial charge in [-0.15, -0.1) is 0 Å². The fourth-order valence-corrected chi connectivity index (χ4v) is 5.11. The van der Waals surface area contributed by atoms with Gasteiger partial charge in [-0.25, -0.2) is 0 Å². The number of piperidine rings is 1. The van der Waals surface area contributed by atoms with Gasteiger partial charge in [0, 0.05) is 24.3 Å². The Morgan fingerprint density at radius 2 is 1.71 bits per heavy atom. The fraction of sp³-hybridized carbons (Fsp3) is 0.632. The molecule has 2 nitrogen and oxygen atoms in total. The Morgan fingerprint density at radius 1 is 0.952 bits per heavy atom. The van der Waals surface area contributed by atoms with Crippen molar-refractivity contribution in [3.05, 3.63) is 35.9 Å². The summed E-state index contributed by atoms with van der Waals surface area (Å²) in [5.41, 5.74) is 1.47. The van der Waals surface area contributed by atoms with Crippen molar-refractivity contribution in [2.45, 2.75) is 50.5 Å². The van der Waals surface area contributed by atoms with E-state index in [-0.39, 0.29) is 0 Å². The maximum Gasteiger partial charge on any atom is 0.137 e. The molecule has 112 valence electrons. The highest BCUT2D eigenvalue weighted by Gasteiger charge is 2.50. The zero-order valence-corrected chi connectivity index (χ0v) is 12.7. The van der Waals surface area contributed by atoms with E-state index in [1.54, 1.807) is 0 Å². The molecule has 4 aliphatic rings. The molecule has 0 amide bonds. The van der Waals surface area contributed by atoms with Gasteiger partial charge in [-0.2, -0.15) is 0 Å². The van der Waals surface area contributed by atoms with Crippen LogP contribution in [0.4, 0.5) is 0 Å². The molecule has 1 aliphatic heterocycles. The normalized spacial score (nSPS) is 36.9. The third-order valence-electron chi connectivity index (χ3n) is 6.01. The molecule has 4 unspecified atom stereocenters. The van der Waals surface area contributed by atoms with Crippen molar-refractivity contribution in [2.24, 2.45) is 11.8 Å². The van der Waals surface area contributed by atoms with E-state index in [9.17, 15) is 4.79 Å². The number of nitrogens with zero attached hydrogens (tertiary/aromatic N) is 1. The summed E-state index contributed by atoms with van der Waals surface area (Å²) in [5.74, 6) is 2.02. The molecule has 4 atom stereocenters. The topological polar surface area (TPSA) is 20.3 Å². The van der Waals surface area contributed by atoms with Crippen LogP contribution in [0.5, 0.6) is 0 Å². The molecule has 3 aliphatic carbocycles. The molecule has 5 rings (SSSR count). The average Bonchev–Trinajstić information content (AvgIpc) is 2.56. The minimum absolute atomic E-state index is 0.304. The number of benzene rings is 1. The van der Waals surface area contributed by atoms with Crippen LogP contribution in [0, 0.1) is 11.8 Å². The van der Waals surface area contributed by atoms with Crippen LogP contribution in [0.15, 0.2) is 30.3 Å². The van der Waals surface area contributed by atoms with Crippen molar-refractivity contribution in [3.63, 3.8) is 0 Å². The van der Waals surface area contributed by atoms with Crippen LogP contribution in [0.3, 0.4) is 0 Å². The second-order valence-corrected chi connectivity index (χ2v) is 7.14. The Labute approximate surface area is 127 Å². The highest BCUT2D eigenvalue weighted by molar-refractivity contribution is 5.84. The van der Waals surface area contributed by atoms with E-state index in [0.717, 1.165) is 12.8 Å². The van der Waals surface area contributed by atoms with E-state index in [0.29, 0.717) is 29.6 Å². The largest absolute Gasteiger partial charge is 0.299 e. The summed E-state index contributed by atoms with van der Waals surface area (Å²) in [6, 6.07) is 11.5. The van der Waals surface area contributed by atoms with Crippen molar-refractivity contribution in [3.8, 4) is 0 Å². The van der Waals surface area contributed by atoms with Crippen LogP contribution in [0.25, 0.3) is 0 Å². The molecule has 2 heteroatoms. The number of rotatable bonds is 2. The SMILES string of the molecule is O=C1CC2CCC1C(N1CCCCC1)C2c1ccccc1. The van der Waals surface area contributed by atoms with Crippen molar-refractivity contribution >= 4 is 5.78 Å². The van der Waals surface area contributed by atoms with E-state index in [1.807, 2.05) is 0 Å². The van der Waals surface area contributed by atoms with Crippen LogP contribution in [-0.4, -0.2) is 29.8 Å². The van der Waals surface area contributed by atoms with Crippen LogP contribution >= 0.6 is 0 Å². The number of Topliss-reactive ketones (excluding diaryl/α,β-unsaturated/α-hetero) is 1. The third-order valence-corrected chi connectivity index (χ3v) is 6.01. The van der Waals surface area contributed by atoms with Gasteiger partial charge in [0.1, 0.15) is 5.78 Å². The van der Waals surface area contributed by atoms with E-state index < -0.39 is 0 Å². The summed E-state index contributed by atoms with van der Waals surface area (Å²) in [5, 5.41) is 0. The summed E-state index contributed by atoms with van der Waals surface area (Å²) in [7, 11) is 0. The van der Waals surface area contributed by atoms with Crippen molar-refractivity contribution in [1.29, 1.82) is 0 Å². The van der Waals surface area contributed by atoms with Gasteiger partial charge < -0.3 is 0 Å². The molecule has 3 saturated carbocycles. The number of fused-ring (bicyclic) bond motifs is 3. The second-order valence-electron chi connectivity index (χ2n) is 7.14. The lowest BCUT2D eigenvalue weighted by molar-refractivity contribution is -0.135. The van der Waals surface area contributed by atoms with E-state index in [2.05, 4.69) is 35.2 Å². The first-order valence-corrected chi connectivity index (χ1v) is 8.66. The summed E-state index contributed by atoms with van der Waals surface area (Å²) in [6.45, 7) is 2.40. The van der Waals surface area contributed by atoms with Crippen LogP contribution < -0.4 is 0 Å². The zero-order valence-electron chi connectivity index (χ0n) is 12.7. The molecule has 0 N–H and O–H groups in total. The molecule has 1 saturated heterocycles. The second kappa shape index (κ2) is 5.57. The smallest absolute Gasteiger partial charge is 0.137 e. The number of hydrogen-bond acceptors (Lipinski definition) is 2. The van der Waals surface area contributed by atoms with Gasteiger partial charge in [-0.05, 0) is 50.3 Å². The van der Waals surface area contributed by atoms with Gasteiger partial charge in [0.25, 0.3) is 0 Å². The van der Waals surface area contributed by atoms with Crippen molar-refractivity contribution in [1.82, 2.24) is 4.90 Å². The fourth-order valence-electron chi connectivity index (χ4n) is 5.11. The zero-order chi connectivity index (χ0) is 14.2. The Morgan fingerprint density at radius 3 is 2.43 bits per heavy atom. The minimum atomic E-state index is 0.304. The molecule has 0 radical (unpaired) electrons. The lowest BCUT2D eigenvalue weighted by Crippen LogP contribution is -2.56. The molecule has 21 heavy (non-hydrogen) atoms. The minimum Gasteiger partial charge on any atom is -0.299 e. The van der Waals surface area contributed by atoms with Crippen LogP contribution in [0.1, 0.15) is 50.0 Å². The molecule has 1 aromatic carbocycles. The first-order valence-electron chi connectivity index (χ1n) is 8.66. The Balaban J connectivity index is 1.69. The average molecular weight is 283 g/mol. The predicted octanol–water partition coefficient (Wildman–Crippen LogP) is 3.62. The first kappa shape index (κ1) is 13.5. The number of carbonyl (C=O) groups is 1. The van der Waals surface area contributed by atoms with Gasteiger partial charge in [-0.3, -0.25) is 9.69 Å². The molecule has 2 bridgehead atoms. The highest BCUT2D eigenvalue weighted by atomic mass is 16.1. The summed E-state index contributed by atoms with van der Waals surface area (Å²) in [4.78, 5) is 15.1. The van der Waals surface area contributed by atoms with Crippen LogP contribution in [0.2, 0.25) is 0 Å².